The van der Waals surface area contributed by atoms with Gasteiger partial charge in [-0.25, -0.2) is 4.79 Å². The van der Waals surface area contributed by atoms with Crippen molar-refractivity contribution in [3.8, 4) is 0 Å². The summed E-state index contributed by atoms with van der Waals surface area (Å²) in [5.74, 6) is -1.06. The third-order valence-corrected chi connectivity index (χ3v) is 3.34. The molecule has 0 unspecified atom stereocenters. The van der Waals surface area contributed by atoms with Gasteiger partial charge in [0.15, 0.2) is 0 Å². The van der Waals surface area contributed by atoms with Crippen LogP contribution in [0.3, 0.4) is 0 Å². The number of carboxylic acid groups (broad SMARTS) is 1. The minimum absolute atomic E-state index is 0.194. The number of carbonyl (C=O) groups excluding carboxylic acids is 1. The monoisotopic (exact) mass is 282 g/mol. The normalized spacial score (nSPS) is 15.7. The molecule has 1 aliphatic carbocycles. The molecule has 0 bridgehead atoms. The van der Waals surface area contributed by atoms with Gasteiger partial charge in [0.1, 0.15) is 6.54 Å². The quantitative estimate of drug-likeness (QED) is 0.891. The molecule has 102 valence electrons. The second-order valence-electron chi connectivity index (χ2n) is 4.95. The van der Waals surface area contributed by atoms with Gasteiger partial charge >= 0.3 is 12.0 Å². The number of rotatable bonds is 4. The smallest absolute Gasteiger partial charge is 0.323 e. The molecular formula is C13H15ClN2O3. The molecule has 1 aromatic rings. The standard InChI is InChI=1S/C13H15ClN2O3/c1-13(6-7-13)15-12(19)16(8-11(17)18)10-4-2-9(14)3-5-10/h2-5H,6-8H2,1H3,(H,15,19)(H,17,18). The van der Waals surface area contributed by atoms with E-state index in [4.69, 9.17) is 16.7 Å². The van der Waals surface area contributed by atoms with Crippen LogP contribution in [-0.4, -0.2) is 29.2 Å². The van der Waals surface area contributed by atoms with E-state index < -0.39 is 12.0 Å². The van der Waals surface area contributed by atoms with E-state index in [9.17, 15) is 9.59 Å². The Morgan fingerprint density at radius 2 is 1.95 bits per heavy atom. The van der Waals surface area contributed by atoms with Crippen LogP contribution in [0.1, 0.15) is 19.8 Å². The lowest BCUT2D eigenvalue weighted by atomic mass is 10.3. The first-order chi connectivity index (χ1) is 8.89. The van der Waals surface area contributed by atoms with Crippen molar-refractivity contribution >= 4 is 29.3 Å². The molecule has 2 amide bonds. The molecule has 0 atom stereocenters. The molecule has 0 heterocycles. The topological polar surface area (TPSA) is 69.6 Å². The Balaban J connectivity index is 2.17. The summed E-state index contributed by atoms with van der Waals surface area (Å²) in [6, 6.07) is 6.10. The van der Waals surface area contributed by atoms with E-state index in [-0.39, 0.29) is 12.1 Å². The SMILES string of the molecule is CC1(NC(=O)N(CC(=O)O)c2ccc(Cl)cc2)CC1. The van der Waals surface area contributed by atoms with E-state index in [2.05, 4.69) is 5.32 Å². The molecule has 0 radical (unpaired) electrons. The number of benzene rings is 1. The van der Waals surface area contributed by atoms with Crippen molar-refractivity contribution in [3.63, 3.8) is 0 Å². The van der Waals surface area contributed by atoms with Crippen LogP contribution in [0.4, 0.5) is 10.5 Å². The van der Waals surface area contributed by atoms with Gasteiger partial charge in [0.25, 0.3) is 0 Å². The molecule has 0 aliphatic heterocycles. The van der Waals surface area contributed by atoms with Gasteiger partial charge in [-0.05, 0) is 44.0 Å². The average Bonchev–Trinajstić information content (AvgIpc) is 3.04. The summed E-state index contributed by atoms with van der Waals surface area (Å²) in [6.45, 7) is 1.55. The van der Waals surface area contributed by atoms with Crippen molar-refractivity contribution in [3.05, 3.63) is 29.3 Å². The number of halogens is 1. The lowest BCUT2D eigenvalue weighted by molar-refractivity contribution is -0.135. The lowest BCUT2D eigenvalue weighted by Crippen LogP contribution is -2.47. The molecule has 2 N–H and O–H groups in total. The van der Waals surface area contributed by atoms with Crippen LogP contribution < -0.4 is 10.2 Å². The highest BCUT2D eigenvalue weighted by molar-refractivity contribution is 6.30. The molecule has 0 spiro atoms. The number of aliphatic carboxylic acids is 1. The summed E-state index contributed by atoms with van der Waals surface area (Å²) in [4.78, 5) is 24.2. The molecule has 0 aromatic heterocycles. The van der Waals surface area contributed by atoms with Gasteiger partial charge in [-0.2, -0.15) is 0 Å². The number of urea groups is 1. The largest absolute Gasteiger partial charge is 0.480 e. The predicted molar refractivity (Wildman–Crippen MR) is 72.6 cm³/mol. The van der Waals surface area contributed by atoms with Crippen molar-refractivity contribution in [1.29, 1.82) is 0 Å². The van der Waals surface area contributed by atoms with Crippen molar-refractivity contribution in [1.82, 2.24) is 5.32 Å². The van der Waals surface area contributed by atoms with Crippen LogP contribution in [0.25, 0.3) is 0 Å². The summed E-state index contributed by atoms with van der Waals surface area (Å²) >= 11 is 5.78. The molecule has 1 aromatic carbocycles. The highest BCUT2D eigenvalue weighted by Crippen LogP contribution is 2.34. The number of nitrogens with zero attached hydrogens (tertiary/aromatic N) is 1. The van der Waals surface area contributed by atoms with Gasteiger partial charge in [-0.3, -0.25) is 9.69 Å². The van der Waals surface area contributed by atoms with Crippen LogP contribution in [0.5, 0.6) is 0 Å². The van der Waals surface area contributed by atoms with E-state index in [0.29, 0.717) is 10.7 Å². The number of carboxylic acids is 1. The van der Waals surface area contributed by atoms with E-state index in [1.54, 1.807) is 24.3 Å². The second-order valence-corrected chi connectivity index (χ2v) is 5.38. The molecule has 1 fully saturated rings. The van der Waals surface area contributed by atoms with Gasteiger partial charge in [-0.1, -0.05) is 11.6 Å². The Morgan fingerprint density at radius 3 is 2.42 bits per heavy atom. The molecule has 5 nitrogen and oxygen atoms in total. The number of anilines is 1. The maximum Gasteiger partial charge on any atom is 0.323 e. The summed E-state index contributed by atoms with van der Waals surface area (Å²) in [7, 11) is 0. The van der Waals surface area contributed by atoms with Gasteiger partial charge in [0.2, 0.25) is 0 Å². The van der Waals surface area contributed by atoms with Crippen LogP contribution in [0, 0.1) is 0 Å². The van der Waals surface area contributed by atoms with E-state index in [1.165, 1.54) is 4.90 Å². The van der Waals surface area contributed by atoms with Crippen LogP contribution in [0.2, 0.25) is 5.02 Å². The summed E-state index contributed by atoms with van der Waals surface area (Å²) < 4.78 is 0. The maximum absolute atomic E-state index is 12.1. The number of hydrogen-bond acceptors (Lipinski definition) is 2. The predicted octanol–water partition coefficient (Wildman–Crippen LogP) is 2.49. The lowest BCUT2D eigenvalue weighted by Gasteiger charge is -2.23. The minimum Gasteiger partial charge on any atom is -0.480 e. The Hall–Kier alpha value is -1.75. The molecule has 1 saturated carbocycles. The van der Waals surface area contributed by atoms with Gasteiger partial charge in [-0.15, -0.1) is 0 Å². The average molecular weight is 283 g/mol. The zero-order valence-electron chi connectivity index (χ0n) is 10.5. The molecule has 19 heavy (non-hydrogen) atoms. The van der Waals surface area contributed by atoms with Gasteiger partial charge in [0.05, 0.1) is 0 Å². The number of carbonyl (C=O) groups is 2. The highest BCUT2D eigenvalue weighted by atomic mass is 35.5. The van der Waals surface area contributed by atoms with Crippen LogP contribution >= 0.6 is 11.6 Å². The third kappa shape index (κ3) is 3.61. The Morgan fingerprint density at radius 1 is 1.37 bits per heavy atom. The summed E-state index contributed by atoms with van der Waals surface area (Å²) in [6.07, 6.45) is 1.83. The molecule has 0 saturated heterocycles. The van der Waals surface area contributed by atoms with Crippen LogP contribution in [0.15, 0.2) is 24.3 Å². The second kappa shape index (κ2) is 5.09. The number of nitrogens with one attached hydrogen (secondary N) is 1. The molecule has 2 rings (SSSR count). The molecular weight excluding hydrogens is 268 g/mol. The van der Waals surface area contributed by atoms with Crippen molar-refractivity contribution in [2.24, 2.45) is 0 Å². The highest BCUT2D eigenvalue weighted by Gasteiger charge is 2.40. The first-order valence-electron chi connectivity index (χ1n) is 5.97. The van der Waals surface area contributed by atoms with E-state index in [0.717, 1.165) is 12.8 Å². The number of hydrogen-bond donors (Lipinski definition) is 2. The van der Waals surface area contributed by atoms with Gasteiger partial charge in [0, 0.05) is 16.2 Å². The summed E-state index contributed by atoms with van der Waals surface area (Å²) in [5, 5.41) is 12.3. The Kier molecular flexibility index (Phi) is 3.66. The Labute approximate surface area is 116 Å². The van der Waals surface area contributed by atoms with Crippen molar-refractivity contribution in [2.75, 3.05) is 11.4 Å². The zero-order valence-corrected chi connectivity index (χ0v) is 11.3. The fraction of sp³-hybridized carbons (Fsp3) is 0.385. The molecule has 6 heteroatoms. The van der Waals surface area contributed by atoms with E-state index in [1.807, 2.05) is 6.92 Å². The molecule has 1 aliphatic rings. The zero-order chi connectivity index (χ0) is 14.0. The fourth-order valence-corrected chi connectivity index (χ4v) is 1.80. The van der Waals surface area contributed by atoms with Crippen molar-refractivity contribution < 1.29 is 14.7 Å². The Bertz CT molecular complexity index is 497. The maximum atomic E-state index is 12.1. The van der Waals surface area contributed by atoms with Crippen molar-refractivity contribution in [2.45, 2.75) is 25.3 Å². The van der Waals surface area contributed by atoms with E-state index >= 15 is 0 Å². The minimum atomic E-state index is -1.06. The first-order valence-corrected chi connectivity index (χ1v) is 6.34. The summed E-state index contributed by atoms with van der Waals surface area (Å²) in [5.41, 5.74) is 0.314. The number of amides is 2. The van der Waals surface area contributed by atoms with Gasteiger partial charge < -0.3 is 10.4 Å². The van der Waals surface area contributed by atoms with Crippen LogP contribution in [-0.2, 0) is 4.79 Å². The first kappa shape index (κ1) is 13.7. The third-order valence-electron chi connectivity index (χ3n) is 3.09. The fourth-order valence-electron chi connectivity index (χ4n) is 1.67.